The lowest BCUT2D eigenvalue weighted by Gasteiger charge is -2.31. The highest BCUT2D eigenvalue weighted by atomic mass is 16.5. The van der Waals surface area contributed by atoms with Gasteiger partial charge < -0.3 is 15.2 Å². The van der Waals surface area contributed by atoms with Crippen molar-refractivity contribution in [1.29, 1.82) is 0 Å². The highest BCUT2D eigenvalue weighted by Gasteiger charge is 2.52. The fraction of sp³-hybridized carbons (Fsp3) is 0.348. The van der Waals surface area contributed by atoms with Gasteiger partial charge in [0.15, 0.2) is 0 Å². The fourth-order valence-electron chi connectivity index (χ4n) is 3.92. The number of amides is 2. The number of anilines is 1. The number of carboxylic acids is 1. The summed E-state index contributed by atoms with van der Waals surface area (Å²) in [7, 11) is 0. The summed E-state index contributed by atoms with van der Waals surface area (Å²) < 4.78 is 5.22. The predicted octanol–water partition coefficient (Wildman–Crippen LogP) is 3.47. The van der Waals surface area contributed by atoms with E-state index in [1.54, 1.807) is 32.9 Å². The molecule has 2 aromatic carbocycles. The fourth-order valence-corrected chi connectivity index (χ4v) is 3.92. The number of ether oxygens (including phenoxy) is 1. The molecule has 30 heavy (non-hydrogen) atoms. The van der Waals surface area contributed by atoms with Crippen LogP contribution >= 0.6 is 0 Å². The van der Waals surface area contributed by atoms with Crippen LogP contribution in [0, 0.1) is 0 Å². The van der Waals surface area contributed by atoms with Gasteiger partial charge in [0.05, 0.1) is 0 Å². The van der Waals surface area contributed by atoms with Gasteiger partial charge in [0.25, 0.3) is 5.91 Å². The van der Waals surface area contributed by atoms with Crippen LogP contribution in [0.4, 0.5) is 10.5 Å². The molecular formula is C23H26N2O5. The minimum Gasteiger partial charge on any atom is -0.480 e. The standard InChI is InChI=1S/C23H26N2O5/c1-4-17(24-22(29)30-14-15-10-6-5-7-11-15)20(26)25-18-13-9-8-12-16(18)23(2,3)19(25)21(27)28/h5-13,17,19H,4,14H2,1-3H3,(H,24,29)(H,27,28)/t17-,19-/m0/s1. The maximum Gasteiger partial charge on any atom is 0.408 e. The van der Waals surface area contributed by atoms with Gasteiger partial charge in [-0.05, 0) is 23.6 Å². The number of aliphatic carboxylic acids is 1. The lowest BCUT2D eigenvalue weighted by atomic mass is 9.80. The van der Waals surface area contributed by atoms with Crippen molar-refractivity contribution in [1.82, 2.24) is 5.32 Å². The first kappa shape index (κ1) is 21.4. The molecule has 0 unspecified atom stereocenters. The molecule has 0 aliphatic carbocycles. The van der Waals surface area contributed by atoms with E-state index in [-0.39, 0.29) is 6.61 Å². The summed E-state index contributed by atoms with van der Waals surface area (Å²) >= 11 is 0. The zero-order valence-electron chi connectivity index (χ0n) is 17.3. The highest BCUT2D eigenvalue weighted by Crippen LogP contribution is 2.45. The number of carbonyl (C=O) groups excluding carboxylic acids is 2. The molecule has 1 heterocycles. The molecule has 1 aliphatic heterocycles. The van der Waals surface area contributed by atoms with Gasteiger partial charge in [-0.2, -0.15) is 0 Å². The van der Waals surface area contributed by atoms with E-state index in [0.29, 0.717) is 12.1 Å². The normalized spacial score (nSPS) is 17.7. The van der Waals surface area contributed by atoms with E-state index in [1.165, 1.54) is 4.90 Å². The Kier molecular flexibility index (Phi) is 6.10. The molecule has 7 nitrogen and oxygen atoms in total. The molecule has 1 aliphatic rings. The number of carboxylic acid groups (broad SMARTS) is 1. The molecule has 3 rings (SSSR count). The van der Waals surface area contributed by atoms with Gasteiger partial charge >= 0.3 is 12.1 Å². The molecule has 2 atom stereocenters. The van der Waals surface area contributed by atoms with Gasteiger partial charge in [0.2, 0.25) is 0 Å². The van der Waals surface area contributed by atoms with Crippen LogP contribution in [0.2, 0.25) is 0 Å². The molecule has 2 aromatic rings. The molecule has 7 heteroatoms. The lowest BCUT2D eigenvalue weighted by Crippen LogP contribution is -2.56. The van der Waals surface area contributed by atoms with Gasteiger partial charge in [-0.25, -0.2) is 9.59 Å². The zero-order chi connectivity index (χ0) is 21.9. The van der Waals surface area contributed by atoms with Crippen LogP contribution in [0.1, 0.15) is 38.3 Å². The van der Waals surface area contributed by atoms with Crippen molar-refractivity contribution in [2.75, 3.05) is 4.90 Å². The summed E-state index contributed by atoms with van der Waals surface area (Å²) in [5.74, 6) is -1.56. The van der Waals surface area contributed by atoms with Crippen molar-refractivity contribution in [3.8, 4) is 0 Å². The van der Waals surface area contributed by atoms with Crippen LogP contribution in [0.15, 0.2) is 54.6 Å². The Bertz CT molecular complexity index is 942. The number of rotatable bonds is 6. The summed E-state index contributed by atoms with van der Waals surface area (Å²) in [6.07, 6.45) is -0.428. The molecule has 2 amide bonds. The van der Waals surface area contributed by atoms with Crippen molar-refractivity contribution in [3.05, 3.63) is 65.7 Å². The Morgan fingerprint density at radius 1 is 1.10 bits per heavy atom. The van der Waals surface area contributed by atoms with E-state index in [2.05, 4.69) is 5.32 Å². The quantitative estimate of drug-likeness (QED) is 0.760. The van der Waals surface area contributed by atoms with Crippen LogP contribution in [0.25, 0.3) is 0 Å². The number of hydrogen-bond acceptors (Lipinski definition) is 4. The van der Waals surface area contributed by atoms with Crippen LogP contribution < -0.4 is 10.2 Å². The Morgan fingerprint density at radius 3 is 2.37 bits per heavy atom. The van der Waals surface area contributed by atoms with Crippen LogP contribution in [0.5, 0.6) is 0 Å². The van der Waals surface area contributed by atoms with Crippen molar-refractivity contribution < 1.29 is 24.2 Å². The zero-order valence-corrected chi connectivity index (χ0v) is 17.3. The molecule has 0 aromatic heterocycles. The molecule has 0 bridgehead atoms. The third-order valence-corrected chi connectivity index (χ3v) is 5.48. The molecule has 0 fully saturated rings. The van der Waals surface area contributed by atoms with Gasteiger partial charge in [-0.1, -0.05) is 69.3 Å². The minimum absolute atomic E-state index is 0.0780. The topological polar surface area (TPSA) is 95.9 Å². The van der Waals surface area contributed by atoms with Crippen molar-refractivity contribution in [2.24, 2.45) is 0 Å². The maximum atomic E-state index is 13.3. The molecule has 2 N–H and O–H groups in total. The van der Waals surface area contributed by atoms with Gasteiger partial charge in [-0.3, -0.25) is 9.69 Å². The molecule has 158 valence electrons. The molecule has 0 saturated carbocycles. The average Bonchev–Trinajstić information content (AvgIpc) is 2.98. The Hall–Kier alpha value is -3.35. The van der Waals surface area contributed by atoms with Crippen molar-refractivity contribution in [2.45, 2.75) is 51.3 Å². The second kappa shape index (κ2) is 8.57. The molecule has 0 spiro atoms. The number of carbonyl (C=O) groups is 3. The van der Waals surface area contributed by atoms with E-state index in [9.17, 15) is 19.5 Å². The first-order valence-corrected chi connectivity index (χ1v) is 9.90. The highest BCUT2D eigenvalue weighted by molar-refractivity contribution is 6.06. The average molecular weight is 410 g/mol. The number of benzene rings is 2. The SMILES string of the molecule is CC[C@H](NC(=O)OCc1ccccc1)C(=O)N1c2ccccc2C(C)(C)[C@@H]1C(=O)O. The van der Waals surface area contributed by atoms with Crippen LogP contribution in [-0.4, -0.2) is 35.2 Å². The number of nitrogens with one attached hydrogen (secondary N) is 1. The third kappa shape index (κ3) is 4.01. The Labute approximate surface area is 175 Å². The van der Waals surface area contributed by atoms with Gasteiger partial charge in [-0.15, -0.1) is 0 Å². The van der Waals surface area contributed by atoms with Gasteiger partial charge in [0.1, 0.15) is 18.7 Å². The molecule has 0 radical (unpaired) electrons. The monoisotopic (exact) mass is 410 g/mol. The largest absolute Gasteiger partial charge is 0.480 e. The first-order valence-electron chi connectivity index (χ1n) is 9.90. The van der Waals surface area contributed by atoms with Crippen molar-refractivity contribution in [3.63, 3.8) is 0 Å². The summed E-state index contributed by atoms with van der Waals surface area (Å²) in [4.78, 5) is 39.0. The third-order valence-electron chi connectivity index (χ3n) is 5.48. The van der Waals surface area contributed by atoms with Crippen LogP contribution in [-0.2, 0) is 26.3 Å². The lowest BCUT2D eigenvalue weighted by molar-refractivity contribution is -0.141. The Balaban J connectivity index is 1.78. The summed E-state index contributed by atoms with van der Waals surface area (Å²) in [5.41, 5.74) is 1.39. The van der Waals surface area contributed by atoms with Crippen molar-refractivity contribution >= 4 is 23.7 Å². The summed E-state index contributed by atoms with van der Waals surface area (Å²) in [6, 6.07) is 14.4. The van der Waals surface area contributed by atoms with Crippen LogP contribution in [0.3, 0.4) is 0 Å². The maximum absolute atomic E-state index is 13.3. The summed E-state index contributed by atoms with van der Waals surface area (Å²) in [6.45, 7) is 5.44. The predicted molar refractivity (Wildman–Crippen MR) is 112 cm³/mol. The second-order valence-electron chi connectivity index (χ2n) is 7.85. The number of para-hydroxylation sites is 1. The molecule has 0 saturated heterocycles. The first-order chi connectivity index (χ1) is 14.3. The van der Waals surface area contributed by atoms with Gasteiger partial charge in [0, 0.05) is 11.1 Å². The smallest absolute Gasteiger partial charge is 0.408 e. The number of hydrogen-bond donors (Lipinski definition) is 2. The number of alkyl carbamates (subject to hydrolysis) is 1. The minimum atomic E-state index is -1.09. The second-order valence-corrected chi connectivity index (χ2v) is 7.85. The Morgan fingerprint density at radius 2 is 1.73 bits per heavy atom. The summed E-state index contributed by atoms with van der Waals surface area (Å²) in [5, 5.41) is 12.5. The molecular weight excluding hydrogens is 384 g/mol. The van der Waals surface area contributed by atoms with E-state index in [1.807, 2.05) is 42.5 Å². The number of nitrogens with zero attached hydrogens (tertiary/aromatic N) is 1. The van der Waals surface area contributed by atoms with E-state index >= 15 is 0 Å². The van der Waals surface area contributed by atoms with E-state index < -0.39 is 35.5 Å². The number of fused-ring (bicyclic) bond motifs is 1. The van der Waals surface area contributed by atoms with E-state index in [4.69, 9.17) is 4.74 Å². The van der Waals surface area contributed by atoms with E-state index in [0.717, 1.165) is 11.1 Å².